The molecule has 0 aliphatic heterocycles. The molecule has 0 fully saturated rings. The van der Waals surface area contributed by atoms with Crippen molar-refractivity contribution >= 4 is 5.78 Å². The molecule has 0 heterocycles. The Bertz CT molecular complexity index is 358. The van der Waals surface area contributed by atoms with Crippen molar-refractivity contribution in [3.8, 4) is 0 Å². The molecule has 0 spiro atoms. The number of allylic oxidation sites excluding steroid dienone is 8. The maximum atomic E-state index is 10.8. The first kappa shape index (κ1) is 20.6. The number of rotatable bonds is 14. The molecule has 0 saturated carbocycles. The Kier molecular flexibility index (Phi) is 16.6. The van der Waals surface area contributed by atoms with Crippen molar-refractivity contribution in [2.24, 2.45) is 0 Å². The van der Waals surface area contributed by atoms with E-state index in [2.05, 4.69) is 55.5 Å². The smallest absolute Gasteiger partial charge is 0.129 e. The number of carbonyl (C=O) groups is 1. The molecule has 1 nitrogen and oxygen atoms in total. The van der Waals surface area contributed by atoms with Crippen LogP contribution in [0.15, 0.2) is 48.6 Å². The second-order valence-corrected chi connectivity index (χ2v) is 5.68. The topological polar surface area (TPSA) is 17.1 Å². The van der Waals surface area contributed by atoms with E-state index in [1.54, 1.807) is 6.92 Å². The van der Waals surface area contributed by atoms with E-state index >= 15 is 0 Å². The van der Waals surface area contributed by atoms with Crippen molar-refractivity contribution in [2.75, 3.05) is 0 Å². The van der Waals surface area contributed by atoms with Gasteiger partial charge in [-0.1, -0.05) is 68.4 Å². The Morgan fingerprint density at radius 1 is 0.682 bits per heavy atom. The number of carbonyl (C=O) groups excluding carboxylic acids is 1. The highest BCUT2D eigenvalue weighted by atomic mass is 16.1. The molecule has 0 saturated heterocycles. The van der Waals surface area contributed by atoms with Crippen molar-refractivity contribution in [2.45, 2.75) is 78.1 Å². The zero-order valence-corrected chi connectivity index (χ0v) is 14.6. The summed E-state index contributed by atoms with van der Waals surface area (Å²) in [5.41, 5.74) is 0. The summed E-state index contributed by atoms with van der Waals surface area (Å²) >= 11 is 0. The van der Waals surface area contributed by atoms with Gasteiger partial charge in [0.1, 0.15) is 5.78 Å². The summed E-state index contributed by atoms with van der Waals surface area (Å²) in [5.74, 6) is 0.302. The Balaban J connectivity index is 3.39. The SMILES string of the molecule is CCCC/C=C\C/C=C\C/C=C\C/C=C\CCCCC(C)=O. The lowest BCUT2D eigenvalue weighted by Crippen LogP contribution is -1.88. The van der Waals surface area contributed by atoms with Crippen LogP contribution in [0, 0.1) is 0 Å². The predicted octanol–water partition coefficient (Wildman–Crippen LogP) is 6.72. The Morgan fingerprint density at radius 3 is 1.59 bits per heavy atom. The zero-order chi connectivity index (χ0) is 16.3. The molecular formula is C21H34O. The fourth-order valence-corrected chi connectivity index (χ4v) is 2.01. The molecular weight excluding hydrogens is 268 g/mol. The lowest BCUT2D eigenvalue weighted by atomic mass is 10.1. The van der Waals surface area contributed by atoms with E-state index in [4.69, 9.17) is 0 Å². The van der Waals surface area contributed by atoms with Gasteiger partial charge in [0, 0.05) is 6.42 Å². The number of hydrogen-bond acceptors (Lipinski definition) is 1. The summed E-state index contributed by atoms with van der Waals surface area (Å²) in [6.45, 7) is 3.89. The molecule has 0 aromatic carbocycles. The third kappa shape index (κ3) is 18.6. The van der Waals surface area contributed by atoms with Crippen LogP contribution in [-0.4, -0.2) is 5.78 Å². The first-order valence-corrected chi connectivity index (χ1v) is 8.86. The predicted molar refractivity (Wildman–Crippen MR) is 99.1 cm³/mol. The molecule has 22 heavy (non-hydrogen) atoms. The molecule has 0 aliphatic carbocycles. The van der Waals surface area contributed by atoms with Crippen LogP contribution in [0.4, 0.5) is 0 Å². The molecule has 0 N–H and O–H groups in total. The molecule has 1 heteroatoms. The van der Waals surface area contributed by atoms with Crippen LogP contribution in [0.25, 0.3) is 0 Å². The van der Waals surface area contributed by atoms with Crippen LogP contribution in [0.5, 0.6) is 0 Å². The second kappa shape index (κ2) is 17.7. The molecule has 0 aliphatic rings. The summed E-state index contributed by atoms with van der Waals surface area (Å²) in [6.07, 6.45) is 28.7. The van der Waals surface area contributed by atoms with Gasteiger partial charge in [0.05, 0.1) is 0 Å². The first-order chi connectivity index (χ1) is 10.8. The van der Waals surface area contributed by atoms with Gasteiger partial charge in [0.25, 0.3) is 0 Å². The summed E-state index contributed by atoms with van der Waals surface area (Å²) in [7, 11) is 0. The molecule has 0 bridgehead atoms. The lowest BCUT2D eigenvalue weighted by Gasteiger charge is -1.93. The maximum absolute atomic E-state index is 10.8. The summed E-state index contributed by atoms with van der Waals surface area (Å²) < 4.78 is 0. The van der Waals surface area contributed by atoms with Gasteiger partial charge < -0.3 is 4.79 Å². The van der Waals surface area contributed by atoms with Gasteiger partial charge in [-0.3, -0.25) is 0 Å². The normalized spacial score (nSPS) is 12.5. The van der Waals surface area contributed by atoms with Crippen LogP contribution in [0.1, 0.15) is 78.1 Å². The molecule has 0 rings (SSSR count). The molecule has 0 unspecified atom stereocenters. The second-order valence-electron chi connectivity index (χ2n) is 5.68. The summed E-state index contributed by atoms with van der Waals surface area (Å²) in [5, 5.41) is 0. The van der Waals surface area contributed by atoms with Gasteiger partial charge in [-0.2, -0.15) is 0 Å². The third-order valence-electron chi connectivity index (χ3n) is 3.36. The van der Waals surface area contributed by atoms with Gasteiger partial charge in [-0.15, -0.1) is 0 Å². The van der Waals surface area contributed by atoms with Gasteiger partial charge in [0.2, 0.25) is 0 Å². The van der Waals surface area contributed by atoms with Gasteiger partial charge in [-0.05, 0) is 51.9 Å². The minimum atomic E-state index is 0.302. The van der Waals surface area contributed by atoms with Crippen molar-refractivity contribution in [3.63, 3.8) is 0 Å². The number of Topliss-reactive ketones (excluding diaryl/α,β-unsaturated/α-hetero) is 1. The van der Waals surface area contributed by atoms with E-state index < -0.39 is 0 Å². The fourth-order valence-electron chi connectivity index (χ4n) is 2.01. The van der Waals surface area contributed by atoms with Crippen LogP contribution < -0.4 is 0 Å². The van der Waals surface area contributed by atoms with Gasteiger partial charge in [0.15, 0.2) is 0 Å². The van der Waals surface area contributed by atoms with Crippen LogP contribution in [0.2, 0.25) is 0 Å². The largest absolute Gasteiger partial charge is 0.300 e. The monoisotopic (exact) mass is 302 g/mol. The van der Waals surface area contributed by atoms with E-state index in [9.17, 15) is 4.79 Å². The van der Waals surface area contributed by atoms with E-state index in [0.717, 1.165) is 44.9 Å². The fraction of sp³-hybridized carbons (Fsp3) is 0.571. The molecule has 0 amide bonds. The molecule has 124 valence electrons. The molecule has 0 aromatic heterocycles. The van der Waals surface area contributed by atoms with E-state index in [1.807, 2.05) is 0 Å². The standard InChI is InChI=1S/C21H34O/c1-3-4-5-6-7-8-9-10-11-12-13-14-15-16-17-18-19-20-21(2)22/h6-7,9-10,12-13,15-16H,3-5,8,11,14,17-20H2,1-2H3/b7-6-,10-9-,13-12-,16-15-. The molecule has 0 aromatic rings. The Hall–Kier alpha value is -1.37. The van der Waals surface area contributed by atoms with E-state index in [-0.39, 0.29) is 0 Å². The Morgan fingerprint density at radius 2 is 1.14 bits per heavy atom. The average Bonchev–Trinajstić information content (AvgIpc) is 2.50. The average molecular weight is 303 g/mol. The summed E-state index contributed by atoms with van der Waals surface area (Å²) in [4.78, 5) is 10.8. The van der Waals surface area contributed by atoms with Crippen molar-refractivity contribution < 1.29 is 4.79 Å². The molecule has 0 radical (unpaired) electrons. The summed E-state index contributed by atoms with van der Waals surface area (Å²) in [6, 6.07) is 0. The highest BCUT2D eigenvalue weighted by molar-refractivity contribution is 5.75. The number of hydrogen-bond donors (Lipinski definition) is 0. The van der Waals surface area contributed by atoms with Crippen molar-refractivity contribution in [1.82, 2.24) is 0 Å². The maximum Gasteiger partial charge on any atom is 0.129 e. The zero-order valence-electron chi connectivity index (χ0n) is 14.6. The number of unbranched alkanes of at least 4 members (excludes halogenated alkanes) is 4. The quantitative estimate of drug-likeness (QED) is 0.257. The number of ketones is 1. The Labute approximate surface area is 137 Å². The third-order valence-corrected chi connectivity index (χ3v) is 3.36. The van der Waals surface area contributed by atoms with E-state index in [0.29, 0.717) is 5.78 Å². The lowest BCUT2D eigenvalue weighted by molar-refractivity contribution is -0.117. The van der Waals surface area contributed by atoms with Crippen LogP contribution in [0.3, 0.4) is 0 Å². The van der Waals surface area contributed by atoms with Gasteiger partial charge >= 0.3 is 0 Å². The highest BCUT2D eigenvalue weighted by Crippen LogP contribution is 2.02. The highest BCUT2D eigenvalue weighted by Gasteiger charge is 1.91. The van der Waals surface area contributed by atoms with Crippen molar-refractivity contribution in [3.05, 3.63) is 48.6 Å². The van der Waals surface area contributed by atoms with Crippen LogP contribution in [-0.2, 0) is 4.79 Å². The molecule has 0 atom stereocenters. The van der Waals surface area contributed by atoms with E-state index in [1.165, 1.54) is 19.3 Å². The minimum absolute atomic E-state index is 0.302. The first-order valence-electron chi connectivity index (χ1n) is 8.86. The van der Waals surface area contributed by atoms with Crippen molar-refractivity contribution in [1.29, 1.82) is 0 Å². The van der Waals surface area contributed by atoms with Gasteiger partial charge in [-0.25, -0.2) is 0 Å². The van der Waals surface area contributed by atoms with Crippen LogP contribution >= 0.6 is 0 Å². The minimum Gasteiger partial charge on any atom is -0.300 e.